The third kappa shape index (κ3) is 2.40. The van der Waals surface area contributed by atoms with Gasteiger partial charge in [0.05, 0.1) is 0 Å². The molecule has 2 aliphatic rings. The zero-order valence-corrected chi connectivity index (χ0v) is 10.9. The summed E-state index contributed by atoms with van der Waals surface area (Å²) in [6, 6.07) is 10.1. The molecule has 92 valence electrons. The Bertz CT molecular complexity index is 356. The number of hydrogen-bond donors (Lipinski definition) is 0. The van der Waals surface area contributed by atoms with Crippen molar-refractivity contribution in [2.45, 2.75) is 51.0 Å². The Morgan fingerprint density at radius 2 is 1.59 bits per heavy atom. The molecule has 3 rings (SSSR count). The van der Waals surface area contributed by atoms with E-state index in [4.69, 9.17) is 0 Å². The number of aryl methyl sites for hydroxylation is 1. The molecule has 0 N–H and O–H groups in total. The van der Waals surface area contributed by atoms with E-state index in [0.29, 0.717) is 0 Å². The molecule has 1 nitrogen and oxygen atoms in total. The normalized spacial score (nSPS) is 23.6. The van der Waals surface area contributed by atoms with Gasteiger partial charge in [-0.25, -0.2) is 0 Å². The van der Waals surface area contributed by atoms with Gasteiger partial charge < -0.3 is 4.90 Å². The average molecular weight is 229 g/mol. The van der Waals surface area contributed by atoms with E-state index in [0.717, 1.165) is 12.0 Å². The lowest BCUT2D eigenvalue weighted by Gasteiger charge is -2.42. The lowest BCUT2D eigenvalue weighted by atomic mass is 9.85. The quantitative estimate of drug-likeness (QED) is 0.747. The second kappa shape index (κ2) is 4.81. The van der Waals surface area contributed by atoms with E-state index in [1.54, 1.807) is 5.56 Å². The number of benzene rings is 1. The van der Waals surface area contributed by atoms with Gasteiger partial charge in [0.1, 0.15) is 0 Å². The maximum atomic E-state index is 2.73. The van der Waals surface area contributed by atoms with Crippen LogP contribution in [0.2, 0.25) is 0 Å². The predicted molar refractivity (Wildman–Crippen MR) is 72.4 cm³/mol. The number of likely N-dealkylation sites (tertiary alicyclic amines) is 1. The Morgan fingerprint density at radius 1 is 0.941 bits per heavy atom. The molecular weight excluding hydrogens is 206 g/mol. The SMILES string of the molecule is Cc1ccc(C2CCN(C3CCC3)CC2)cc1. The van der Waals surface area contributed by atoms with Crippen molar-refractivity contribution >= 4 is 0 Å². The number of hydrogen-bond acceptors (Lipinski definition) is 1. The first-order valence-electron chi connectivity index (χ1n) is 7.13. The molecule has 1 aliphatic heterocycles. The molecule has 1 aliphatic carbocycles. The zero-order chi connectivity index (χ0) is 11.7. The Morgan fingerprint density at radius 3 is 2.12 bits per heavy atom. The molecule has 1 aromatic rings. The highest BCUT2D eigenvalue weighted by Crippen LogP contribution is 2.33. The zero-order valence-electron chi connectivity index (χ0n) is 10.9. The Labute approximate surface area is 105 Å². The van der Waals surface area contributed by atoms with Crippen LogP contribution in [0.3, 0.4) is 0 Å². The van der Waals surface area contributed by atoms with E-state index in [-0.39, 0.29) is 0 Å². The minimum atomic E-state index is 0.812. The summed E-state index contributed by atoms with van der Waals surface area (Å²) in [6.45, 7) is 4.81. The van der Waals surface area contributed by atoms with Crippen molar-refractivity contribution in [3.63, 3.8) is 0 Å². The van der Waals surface area contributed by atoms with Crippen LogP contribution in [0.1, 0.15) is 49.1 Å². The highest BCUT2D eigenvalue weighted by molar-refractivity contribution is 5.25. The summed E-state index contributed by atoms with van der Waals surface area (Å²) in [5, 5.41) is 0. The summed E-state index contributed by atoms with van der Waals surface area (Å²) in [5.74, 6) is 0.812. The topological polar surface area (TPSA) is 3.24 Å². The first-order chi connectivity index (χ1) is 8.33. The Hall–Kier alpha value is -0.820. The molecule has 0 unspecified atom stereocenters. The van der Waals surface area contributed by atoms with Gasteiger partial charge in [-0.3, -0.25) is 0 Å². The minimum Gasteiger partial charge on any atom is -0.300 e. The predicted octanol–water partition coefficient (Wildman–Crippen LogP) is 3.73. The van der Waals surface area contributed by atoms with Crippen LogP contribution in [0.15, 0.2) is 24.3 Å². The van der Waals surface area contributed by atoms with Crippen molar-refractivity contribution in [3.8, 4) is 0 Å². The second-order valence-electron chi connectivity index (χ2n) is 5.81. The van der Waals surface area contributed by atoms with Crippen LogP contribution < -0.4 is 0 Å². The van der Waals surface area contributed by atoms with Crippen molar-refractivity contribution in [2.24, 2.45) is 0 Å². The molecule has 1 saturated carbocycles. The van der Waals surface area contributed by atoms with Crippen molar-refractivity contribution in [3.05, 3.63) is 35.4 Å². The molecule has 0 aromatic heterocycles. The highest BCUT2D eigenvalue weighted by atomic mass is 15.2. The first-order valence-corrected chi connectivity index (χ1v) is 7.13. The van der Waals surface area contributed by atoms with Gasteiger partial charge in [-0.2, -0.15) is 0 Å². The van der Waals surface area contributed by atoms with Crippen LogP contribution >= 0.6 is 0 Å². The smallest absolute Gasteiger partial charge is 0.00952 e. The summed E-state index contributed by atoms with van der Waals surface area (Å²) in [7, 11) is 0. The standard InChI is InChI=1S/C16H23N/c1-13-5-7-14(8-6-13)15-9-11-17(12-10-15)16-3-2-4-16/h5-8,15-16H,2-4,9-12H2,1H3. The molecule has 1 heteroatoms. The Kier molecular flexibility index (Phi) is 3.19. The molecule has 0 spiro atoms. The fourth-order valence-corrected chi connectivity index (χ4v) is 3.19. The molecule has 0 atom stereocenters. The molecule has 1 saturated heterocycles. The van der Waals surface area contributed by atoms with E-state index < -0.39 is 0 Å². The lowest BCUT2D eigenvalue weighted by Crippen LogP contribution is -2.44. The van der Waals surface area contributed by atoms with Crippen LogP contribution in [0.4, 0.5) is 0 Å². The second-order valence-corrected chi connectivity index (χ2v) is 5.81. The first kappa shape index (κ1) is 11.3. The summed E-state index contributed by atoms with van der Waals surface area (Å²) in [4.78, 5) is 2.73. The molecule has 0 radical (unpaired) electrons. The van der Waals surface area contributed by atoms with Gasteiger partial charge in [0.15, 0.2) is 0 Å². The third-order valence-corrected chi connectivity index (χ3v) is 4.67. The van der Waals surface area contributed by atoms with Crippen LogP contribution in [0.5, 0.6) is 0 Å². The summed E-state index contributed by atoms with van der Waals surface area (Å²) >= 11 is 0. The van der Waals surface area contributed by atoms with Crippen LogP contribution in [0.25, 0.3) is 0 Å². The van der Waals surface area contributed by atoms with Crippen LogP contribution in [0, 0.1) is 6.92 Å². The van der Waals surface area contributed by atoms with E-state index in [9.17, 15) is 0 Å². The van der Waals surface area contributed by atoms with Gasteiger partial charge in [-0.15, -0.1) is 0 Å². The molecule has 2 fully saturated rings. The van der Waals surface area contributed by atoms with Crippen molar-refractivity contribution in [2.75, 3.05) is 13.1 Å². The van der Waals surface area contributed by atoms with Crippen molar-refractivity contribution in [1.29, 1.82) is 0 Å². The highest BCUT2D eigenvalue weighted by Gasteiger charge is 2.28. The summed E-state index contributed by atoms with van der Waals surface area (Å²) < 4.78 is 0. The van der Waals surface area contributed by atoms with Gasteiger partial charge in [-0.05, 0) is 57.2 Å². The fourth-order valence-electron chi connectivity index (χ4n) is 3.19. The van der Waals surface area contributed by atoms with Gasteiger partial charge in [0, 0.05) is 6.04 Å². The largest absolute Gasteiger partial charge is 0.300 e. The molecule has 1 heterocycles. The van der Waals surface area contributed by atoms with Crippen LogP contribution in [-0.4, -0.2) is 24.0 Å². The maximum Gasteiger partial charge on any atom is 0.00952 e. The Balaban J connectivity index is 1.58. The minimum absolute atomic E-state index is 0.812. The summed E-state index contributed by atoms with van der Waals surface area (Å²) in [6.07, 6.45) is 7.09. The molecular formula is C16H23N. The summed E-state index contributed by atoms with van der Waals surface area (Å²) in [5.41, 5.74) is 2.93. The van der Waals surface area contributed by atoms with E-state index in [1.807, 2.05) is 0 Å². The van der Waals surface area contributed by atoms with Gasteiger partial charge >= 0.3 is 0 Å². The maximum absolute atomic E-state index is 2.73. The number of piperidine rings is 1. The van der Waals surface area contributed by atoms with E-state index in [2.05, 4.69) is 36.1 Å². The van der Waals surface area contributed by atoms with E-state index in [1.165, 1.54) is 50.8 Å². The number of rotatable bonds is 2. The van der Waals surface area contributed by atoms with Crippen molar-refractivity contribution in [1.82, 2.24) is 4.90 Å². The molecule has 0 bridgehead atoms. The molecule has 0 amide bonds. The van der Waals surface area contributed by atoms with Gasteiger partial charge in [0.2, 0.25) is 0 Å². The number of nitrogens with zero attached hydrogens (tertiary/aromatic N) is 1. The van der Waals surface area contributed by atoms with Crippen molar-refractivity contribution < 1.29 is 0 Å². The average Bonchev–Trinajstić information content (AvgIpc) is 2.29. The van der Waals surface area contributed by atoms with Crippen LogP contribution in [-0.2, 0) is 0 Å². The third-order valence-electron chi connectivity index (χ3n) is 4.67. The molecule has 17 heavy (non-hydrogen) atoms. The van der Waals surface area contributed by atoms with Gasteiger partial charge in [-0.1, -0.05) is 36.2 Å². The van der Waals surface area contributed by atoms with Gasteiger partial charge in [0.25, 0.3) is 0 Å². The monoisotopic (exact) mass is 229 g/mol. The molecule has 1 aromatic carbocycles. The van der Waals surface area contributed by atoms with E-state index >= 15 is 0 Å². The lowest BCUT2D eigenvalue weighted by molar-refractivity contribution is 0.0975. The fraction of sp³-hybridized carbons (Fsp3) is 0.625.